The molecule has 146 valence electrons. The van der Waals surface area contributed by atoms with E-state index >= 15 is 0 Å². The molecule has 7 heteroatoms. The van der Waals surface area contributed by atoms with Crippen LogP contribution in [0.25, 0.3) is 10.9 Å². The number of anilines is 1. The lowest BCUT2D eigenvalue weighted by molar-refractivity contribution is 0.0976. The quantitative estimate of drug-likeness (QED) is 0.390. The summed E-state index contributed by atoms with van der Waals surface area (Å²) in [7, 11) is 0. The molecule has 3 aromatic carbocycles. The average molecular weight is 400 g/mol. The number of rotatable bonds is 2. The second-order valence-corrected chi connectivity index (χ2v) is 6.95. The first-order valence-electron chi connectivity index (χ1n) is 9.08. The van der Waals surface area contributed by atoms with Crippen LogP contribution in [0.3, 0.4) is 0 Å². The van der Waals surface area contributed by atoms with E-state index in [1.807, 2.05) is 0 Å². The largest absolute Gasteiger partial charge is 0.507 e. The minimum atomic E-state index is -0.571. The van der Waals surface area contributed by atoms with Gasteiger partial charge in [-0.1, -0.05) is 24.3 Å². The number of benzene rings is 3. The fraction of sp³-hybridized carbons (Fsp3) is 0. The van der Waals surface area contributed by atoms with Crippen molar-refractivity contribution in [3.05, 3.63) is 94.4 Å². The summed E-state index contributed by atoms with van der Waals surface area (Å²) in [4.78, 5) is 41.6. The molecule has 0 saturated carbocycles. The van der Waals surface area contributed by atoms with E-state index in [1.165, 1.54) is 48.5 Å². The number of phenols is 1. The lowest BCUT2D eigenvalue weighted by atomic mass is 9.82. The van der Waals surface area contributed by atoms with Crippen LogP contribution in [-0.4, -0.2) is 27.6 Å². The van der Waals surface area contributed by atoms with Gasteiger partial charge in [0.2, 0.25) is 0 Å². The van der Waals surface area contributed by atoms with E-state index in [-0.39, 0.29) is 39.4 Å². The Balaban J connectivity index is 1.58. The normalized spacial score (nSPS) is 12.6. The molecule has 0 atom stereocenters. The van der Waals surface area contributed by atoms with Crippen molar-refractivity contribution in [2.75, 3.05) is 5.32 Å². The van der Waals surface area contributed by atoms with Crippen molar-refractivity contribution in [1.82, 2.24) is 4.98 Å². The highest BCUT2D eigenvalue weighted by Gasteiger charge is 2.34. The van der Waals surface area contributed by atoms with Crippen LogP contribution < -0.4 is 5.32 Å². The molecule has 0 bridgehead atoms. The first-order chi connectivity index (χ1) is 14.4. The van der Waals surface area contributed by atoms with Gasteiger partial charge in [-0.2, -0.15) is 0 Å². The van der Waals surface area contributed by atoms with Crippen molar-refractivity contribution in [1.29, 1.82) is 0 Å². The Bertz CT molecular complexity index is 1400. The highest BCUT2D eigenvalue weighted by Crippen LogP contribution is 2.37. The number of phenolic OH excluding ortho intramolecular Hbond substituents is 1. The van der Waals surface area contributed by atoms with Crippen molar-refractivity contribution in [2.45, 2.75) is 0 Å². The van der Waals surface area contributed by atoms with Crippen LogP contribution in [0, 0.1) is 5.82 Å². The Hall–Kier alpha value is -4.26. The van der Waals surface area contributed by atoms with Crippen molar-refractivity contribution in [2.24, 2.45) is 0 Å². The molecule has 3 N–H and O–H groups in total. The smallest absolute Gasteiger partial charge is 0.272 e. The number of nitrogens with one attached hydrogen (secondary N) is 2. The van der Waals surface area contributed by atoms with Crippen LogP contribution >= 0.6 is 0 Å². The molecular formula is C23H13FN2O4. The SMILES string of the molecule is O=C(Nc1ccc(O)c2c1C(=O)c1ccccc1C2=O)c1cc2cc(F)ccc2[nH]1. The van der Waals surface area contributed by atoms with E-state index in [1.54, 1.807) is 12.1 Å². The van der Waals surface area contributed by atoms with Gasteiger partial charge >= 0.3 is 0 Å². The third-order valence-electron chi connectivity index (χ3n) is 5.13. The molecule has 0 aliphatic heterocycles. The molecule has 0 radical (unpaired) electrons. The predicted octanol–water partition coefficient (Wildman–Crippen LogP) is 4.04. The molecule has 1 aliphatic carbocycles. The molecule has 30 heavy (non-hydrogen) atoms. The van der Waals surface area contributed by atoms with Crippen molar-refractivity contribution in [3.63, 3.8) is 0 Å². The third-order valence-corrected chi connectivity index (χ3v) is 5.13. The molecule has 1 aliphatic rings. The van der Waals surface area contributed by atoms with Crippen molar-refractivity contribution in [3.8, 4) is 5.75 Å². The number of hydrogen-bond acceptors (Lipinski definition) is 4. The Labute approximate surface area is 169 Å². The summed E-state index contributed by atoms with van der Waals surface area (Å²) < 4.78 is 13.4. The minimum absolute atomic E-state index is 0.0609. The number of hydrogen-bond donors (Lipinski definition) is 3. The fourth-order valence-corrected chi connectivity index (χ4v) is 3.73. The molecular weight excluding hydrogens is 387 g/mol. The fourth-order valence-electron chi connectivity index (χ4n) is 3.73. The number of amides is 1. The van der Waals surface area contributed by atoms with Gasteiger partial charge in [0.1, 0.15) is 17.3 Å². The van der Waals surface area contributed by atoms with Crippen LogP contribution in [0.4, 0.5) is 10.1 Å². The molecule has 6 nitrogen and oxygen atoms in total. The van der Waals surface area contributed by atoms with Crippen molar-refractivity contribution < 1.29 is 23.9 Å². The van der Waals surface area contributed by atoms with Crippen LogP contribution in [0.15, 0.2) is 60.7 Å². The van der Waals surface area contributed by atoms with Gasteiger partial charge in [0.15, 0.2) is 11.6 Å². The minimum Gasteiger partial charge on any atom is -0.507 e. The zero-order chi connectivity index (χ0) is 21.0. The van der Waals surface area contributed by atoms with Crippen LogP contribution in [0.5, 0.6) is 5.75 Å². The lowest BCUT2D eigenvalue weighted by Crippen LogP contribution is -2.24. The Morgan fingerprint density at radius 1 is 0.900 bits per heavy atom. The van der Waals surface area contributed by atoms with Gasteiger partial charge in [-0.05, 0) is 36.4 Å². The van der Waals surface area contributed by atoms with Gasteiger partial charge in [0, 0.05) is 22.0 Å². The summed E-state index contributed by atoms with van der Waals surface area (Å²) in [5.41, 5.74) is 1.04. The van der Waals surface area contributed by atoms with Gasteiger partial charge < -0.3 is 15.4 Å². The maximum atomic E-state index is 13.4. The van der Waals surface area contributed by atoms with Gasteiger partial charge in [-0.25, -0.2) is 4.39 Å². The summed E-state index contributed by atoms with van der Waals surface area (Å²) >= 11 is 0. The number of aromatic amines is 1. The summed E-state index contributed by atoms with van der Waals surface area (Å²) in [6.07, 6.45) is 0. The third kappa shape index (κ3) is 2.60. The Morgan fingerprint density at radius 3 is 2.33 bits per heavy atom. The maximum Gasteiger partial charge on any atom is 0.272 e. The topological polar surface area (TPSA) is 99.3 Å². The second-order valence-electron chi connectivity index (χ2n) is 6.95. The zero-order valence-electron chi connectivity index (χ0n) is 15.3. The first-order valence-corrected chi connectivity index (χ1v) is 9.08. The number of carbonyl (C=O) groups is 3. The standard InChI is InChI=1S/C23H13FN2O4/c24-12-5-6-15-11(9-12)10-17(25-15)23(30)26-16-7-8-18(27)20-19(16)21(28)13-3-1-2-4-14(13)22(20)29/h1-10,25,27H,(H,26,30). The molecule has 1 amide bonds. The molecule has 0 spiro atoms. The number of carbonyl (C=O) groups excluding carboxylic acids is 3. The monoisotopic (exact) mass is 400 g/mol. The van der Waals surface area contributed by atoms with E-state index in [0.29, 0.717) is 10.9 Å². The number of aromatic nitrogens is 1. The molecule has 0 fully saturated rings. The Kier molecular flexibility index (Phi) is 3.79. The van der Waals surface area contributed by atoms with Crippen LogP contribution in [0.2, 0.25) is 0 Å². The van der Waals surface area contributed by atoms with Gasteiger partial charge in [0.25, 0.3) is 5.91 Å². The molecule has 0 unspecified atom stereocenters. The van der Waals surface area contributed by atoms with E-state index in [4.69, 9.17) is 0 Å². The highest BCUT2D eigenvalue weighted by molar-refractivity contribution is 6.31. The predicted molar refractivity (Wildman–Crippen MR) is 108 cm³/mol. The summed E-state index contributed by atoms with van der Waals surface area (Å²) in [5, 5.41) is 13.4. The second kappa shape index (κ2) is 6.38. The van der Waals surface area contributed by atoms with E-state index in [9.17, 15) is 23.9 Å². The van der Waals surface area contributed by atoms with Crippen molar-refractivity contribution >= 4 is 34.1 Å². The van der Waals surface area contributed by atoms with E-state index in [2.05, 4.69) is 10.3 Å². The summed E-state index contributed by atoms with van der Waals surface area (Å²) in [6, 6.07) is 14.5. The first kappa shape index (κ1) is 17.8. The summed E-state index contributed by atoms with van der Waals surface area (Å²) in [6.45, 7) is 0. The van der Waals surface area contributed by atoms with E-state index < -0.39 is 23.3 Å². The number of ketones is 2. The number of aromatic hydroxyl groups is 1. The lowest BCUT2D eigenvalue weighted by Gasteiger charge is -2.21. The highest BCUT2D eigenvalue weighted by atomic mass is 19.1. The van der Waals surface area contributed by atoms with Crippen LogP contribution in [-0.2, 0) is 0 Å². The maximum absolute atomic E-state index is 13.4. The van der Waals surface area contributed by atoms with Gasteiger partial charge in [-0.15, -0.1) is 0 Å². The zero-order valence-corrected chi connectivity index (χ0v) is 15.3. The molecule has 1 aromatic heterocycles. The molecule has 1 heterocycles. The van der Waals surface area contributed by atoms with Crippen LogP contribution in [0.1, 0.15) is 42.3 Å². The van der Waals surface area contributed by atoms with E-state index in [0.717, 1.165) is 0 Å². The average Bonchev–Trinajstić information content (AvgIpc) is 3.16. The van der Waals surface area contributed by atoms with Gasteiger partial charge in [0.05, 0.1) is 16.8 Å². The molecule has 0 saturated heterocycles. The van der Waals surface area contributed by atoms with Gasteiger partial charge in [-0.3, -0.25) is 14.4 Å². The summed E-state index contributed by atoms with van der Waals surface area (Å²) in [5.74, 6) is -2.29. The molecule has 4 aromatic rings. The number of fused-ring (bicyclic) bond motifs is 3. The Morgan fingerprint density at radius 2 is 1.60 bits per heavy atom. The number of H-pyrrole nitrogens is 1. The molecule has 5 rings (SSSR count). The number of halogens is 1.